The van der Waals surface area contributed by atoms with Crippen molar-refractivity contribution in [2.75, 3.05) is 13.7 Å². The Balaban J connectivity index is 2.07. The van der Waals surface area contributed by atoms with E-state index >= 15 is 0 Å². The maximum absolute atomic E-state index is 12.3. The lowest BCUT2D eigenvalue weighted by Crippen LogP contribution is -2.26. The van der Waals surface area contributed by atoms with Gasteiger partial charge >= 0.3 is 0 Å². The highest BCUT2D eigenvalue weighted by molar-refractivity contribution is 7.89. The quantitative estimate of drug-likeness (QED) is 0.872. The number of aryl methyl sites for hydroxylation is 2. The molecule has 0 amide bonds. The lowest BCUT2D eigenvalue weighted by atomic mass is 10.2. The molecule has 1 N–H and O–H groups in total. The number of nitrogens with one attached hydrogen (secondary N) is 1. The SMILES string of the molecule is COc1ccc(C)c(S(=O)(=O)NCCc2cn(C)cn2)c1. The highest BCUT2D eigenvalue weighted by atomic mass is 32.2. The Bertz CT molecular complexity index is 723. The largest absolute Gasteiger partial charge is 0.497 e. The molecule has 21 heavy (non-hydrogen) atoms. The fourth-order valence-electron chi connectivity index (χ4n) is 1.98. The Morgan fingerprint density at radius 1 is 1.38 bits per heavy atom. The average Bonchev–Trinajstić information content (AvgIpc) is 2.84. The van der Waals surface area contributed by atoms with Crippen molar-refractivity contribution in [1.82, 2.24) is 14.3 Å². The predicted molar refractivity (Wildman–Crippen MR) is 79.8 cm³/mol. The van der Waals surface area contributed by atoms with Crippen molar-refractivity contribution in [3.8, 4) is 5.75 Å². The molecule has 1 aromatic carbocycles. The first-order chi connectivity index (χ1) is 9.92. The van der Waals surface area contributed by atoms with E-state index in [0.29, 0.717) is 24.3 Å². The maximum atomic E-state index is 12.3. The van der Waals surface area contributed by atoms with Crippen LogP contribution < -0.4 is 9.46 Å². The Morgan fingerprint density at radius 2 is 2.14 bits per heavy atom. The molecule has 0 saturated carbocycles. The second kappa shape index (κ2) is 6.28. The molecule has 0 aliphatic carbocycles. The third-order valence-corrected chi connectivity index (χ3v) is 4.72. The van der Waals surface area contributed by atoms with Gasteiger partial charge in [0.25, 0.3) is 0 Å². The lowest BCUT2D eigenvalue weighted by molar-refractivity contribution is 0.413. The first-order valence-electron chi connectivity index (χ1n) is 6.53. The summed E-state index contributed by atoms with van der Waals surface area (Å²) in [7, 11) is -0.167. The highest BCUT2D eigenvalue weighted by Gasteiger charge is 2.17. The Hall–Kier alpha value is -1.86. The summed E-state index contributed by atoms with van der Waals surface area (Å²) in [6, 6.07) is 4.99. The summed E-state index contributed by atoms with van der Waals surface area (Å²) in [5, 5.41) is 0. The van der Waals surface area contributed by atoms with Gasteiger partial charge in [-0.25, -0.2) is 18.1 Å². The van der Waals surface area contributed by atoms with Crippen molar-refractivity contribution in [1.29, 1.82) is 0 Å². The van der Waals surface area contributed by atoms with Crippen LogP contribution in [0.2, 0.25) is 0 Å². The molecule has 6 nitrogen and oxygen atoms in total. The molecule has 2 rings (SSSR count). The van der Waals surface area contributed by atoms with E-state index in [0.717, 1.165) is 5.69 Å². The molecule has 114 valence electrons. The minimum absolute atomic E-state index is 0.239. The summed E-state index contributed by atoms with van der Waals surface area (Å²) in [5.74, 6) is 0.519. The highest BCUT2D eigenvalue weighted by Crippen LogP contribution is 2.21. The van der Waals surface area contributed by atoms with Crippen LogP contribution in [-0.2, 0) is 23.5 Å². The van der Waals surface area contributed by atoms with E-state index in [1.165, 1.54) is 13.2 Å². The van der Waals surface area contributed by atoms with Gasteiger partial charge in [0, 0.05) is 32.3 Å². The van der Waals surface area contributed by atoms with Gasteiger partial charge in [0.2, 0.25) is 10.0 Å². The number of rotatable bonds is 6. The number of ether oxygens (including phenoxy) is 1. The lowest BCUT2D eigenvalue weighted by Gasteiger charge is -2.10. The minimum Gasteiger partial charge on any atom is -0.497 e. The van der Waals surface area contributed by atoms with Gasteiger partial charge in [-0.3, -0.25) is 0 Å². The van der Waals surface area contributed by atoms with Crippen LogP contribution >= 0.6 is 0 Å². The van der Waals surface area contributed by atoms with E-state index in [9.17, 15) is 8.42 Å². The predicted octanol–water partition coefficient (Wildman–Crippen LogP) is 1.26. The fourth-order valence-corrected chi connectivity index (χ4v) is 3.27. The first-order valence-corrected chi connectivity index (χ1v) is 8.02. The molecule has 0 atom stereocenters. The number of methoxy groups -OCH3 is 1. The van der Waals surface area contributed by atoms with Gasteiger partial charge in [0.1, 0.15) is 5.75 Å². The molecule has 0 radical (unpaired) electrons. The zero-order valence-corrected chi connectivity index (χ0v) is 13.1. The normalized spacial score (nSPS) is 11.6. The third kappa shape index (κ3) is 3.83. The molecule has 1 heterocycles. The smallest absolute Gasteiger partial charge is 0.240 e. The van der Waals surface area contributed by atoms with E-state index in [1.54, 1.807) is 25.4 Å². The summed E-state index contributed by atoms with van der Waals surface area (Å²) in [6.07, 6.45) is 4.10. The van der Waals surface area contributed by atoms with Crippen LogP contribution in [0.1, 0.15) is 11.3 Å². The van der Waals surface area contributed by atoms with Crippen LogP contribution in [0.15, 0.2) is 35.6 Å². The zero-order chi connectivity index (χ0) is 15.5. The van der Waals surface area contributed by atoms with Crippen molar-refractivity contribution in [3.05, 3.63) is 42.0 Å². The molecule has 0 saturated heterocycles. The van der Waals surface area contributed by atoms with E-state index in [-0.39, 0.29) is 4.90 Å². The van der Waals surface area contributed by atoms with Crippen LogP contribution in [0, 0.1) is 6.92 Å². The maximum Gasteiger partial charge on any atom is 0.240 e. The van der Waals surface area contributed by atoms with Gasteiger partial charge in [-0.15, -0.1) is 0 Å². The van der Waals surface area contributed by atoms with Crippen LogP contribution in [0.3, 0.4) is 0 Å². The molecule has 1 aromatic heterocycles. The van der Waals surface area contributed by atoms with Crippen LogP contribution in [0.5, 0.6) is 5.75 Å². The second-order valence-electron chi connectivity index (χ2n) is 4.81. The van der Waals surface area contributed by atoms with Crippen molar-refractivity contribution < 1.29 is 13.2 Å². The van der Waals surface area contributed by atoms with Crippen LogP contribution in [0.4, 0.5) is 0 Å². The summed E-state index contributed by atoms with van der Waals surface area (Å²) >= 11 is 0. The van der Waals surface area contributed by atoms with E-state index in [2.05, 4.69) is 9.71 Å². The number of imidazole rings is 1. The monoisotopic (exact) mass is 309 g/mol. The number of aromatic nitrogens is 2. The molecule has 0 bridgehead atoms. The molecule has 0 unspecified atom stereocenters. The minimum atomic E-state index is -3.55. The van der Waals surface area contributed by atoms with E-state index < -0.39 is 10.0 Å². The van der Waals surface area contributed by atoms with Crippen molar-refractivity contribution in [2.45, 2.75) is 18.2 Å². The summed E-state index contributed by atoms with van der Waals surface area (Å²) in [4.78, 5) is 4.40. The van der Waals surface area contributed by atoms with E-state index in [1.807, 2.05) is 17.8 Å². The fraction of sp³-hybridized carbons (Fsp3) is 0.357. The summed E-state index contributed by atoms with van der Waals surface area (Å²) in [6.45, 7) is 2.06. The topological polar surface area (TPSA) is 73.2 Å². The molecule has 0 fully saturated rings. The molecule has 0 spiro atoms. The number of hydrogen-bond acceptors (Lipinski definition) is 4. The Morgan fingerprint density at radius 3 is 2.76 bits per heavy atom. The third-order valence-electron chi connectivity index (χ3n) is 3.12. The van der Waals surface area contributed by atoms with Crippen LogP contribution in [0.25, 0.3) is 0 Å². The number of nitrogens with zero attached hydrogens (tertiary/aromatic N) is 2. The van der Waals surface area contributed by atoms with Gasteiger partial charge in [-0.1, -0.05) is 6.07 Å². The Kier molecular flexibility index (Phi) is 4.64. The van der Waals surface area contributed by atoms with Crippen LogP contribution in [-0.4, -0.2) is 31.6 Å². The van der Waals surface area contributed by atoms with Crippen molar-refractivity contribution in [3.63, 3.8) is 0 Å². The molecule has 0 aliphatic rings. The van der Waals surface area contributed by atoms with Gasteiger partial charge in [-0.05, 0) is 18.6 Å². The standard InChI is InChI=1S/C14H19N3O3S/c1-11-4-5-13(20-3)8-14(11)21(18,19)16-7-6-12-9-17(2)10-15-12/h4-5,8-10,16H,6-7H2,1-3H3. The average molecular weight is 309 g/mol. The molecule has 0 aliphatic heterocycles. The molecule has 7 heteroatoms. The van der Waals surface area contributed by atoms with Crippen molar-refractivity contribution >= 4 is 10.0 Å². The van der Waals surface area contributed by atoms with Gasteiger partial charge in [0.05, 0.1) is 24.0 Å². The summed E-state index contributed by atoms with van der Waals surface area (Å²) < 4.78 is 34.1. The summed E-state index contributed by atoms with van der Waals surface area (Å²) in [5.41, 5.74) is 1.53. The molecular weight excluding hydrogens is 290 g/mol. The Labute approximate surface area is 124 Å². The van der Waals surface area contributed by atoms with Crippen molar-refractivity contribution in [2.24, 2.45) is 7.05 Å². The van der Waals surface area contributed by atoms with Gasteiger partial charge in [-0.2, -0.15) is 0 Å². The number of hydrogen-bond donors (Lipinski definition) is 1. The zero-order valence-electron chi connectivity index (χ0n) is 12.3. The first kappa shape index (κ1) is 15.5. The second-order valence-corrected chi connectivity index (χ2v) is 6.55. The molecular formula is C14H19N3O3S. The van der Waals surface area contributed by atoms with Gasteiger partial charge < -0.3 is 9.30 Å². The van der Waals surface area contributed by atoms with Gasteiger partial charge in [0.15, 0.2) is 0 Å². The van der Waals surface area contributed by atoms with E-state index in [4.69, 9.17) is 4.74 Å². The number of sulfonamides is 1. The molecule has 2 aromatic rings. The number of benzene rings is 1.